The molecule has 1 saturated carbocycles. The van der Waals surface area contributed by atoms with Crippen molar-refractivity contribution in [3.05, 3.63) is 28.7 Å². The zero-order valence-electron chi connectivity index (χ0n) is 12.7. The number of nitrogens with zero attached hydrogens (tertiary/aromatic N) is 5. The number of nitriles is 1. The normalized spacial score (nSPS) is 13.7. The van der Waals surface area contributed by atoms with Crippen molar-refractivity contribution in [3.8, 4) is 12.0 Å². The molecule has 1 aliphatic rings. The molecule has 7 heteroatoms. The molecular formula is C15H16N6O. The molecule has 0 bridgehead atoms. The van der Waals surface area contributed by atoms with Gasteiger partial charge < -0.3 is 5.32 Å². The van der Waals surface area contributed by atoms with Gasteiger partial charge in [-0.1, -0.05) is 0 Å². The van der Waals surface area contributed by atoms with E-state index in [1.54, 1.807) is 6.92 Å². The maximum atomic E-state index is 12.1. The van der Waals surface area contributed by atoms with Gasteiger partial charge in [-0.15, -0.1) is 0 Å². The van der Waals surface area contributed by atoms with Crippen LogP contribution in [0, 0.1) is 38.0 Å². The van der Waals surface area contributed by atoms with Crippen LogP contribution in [0.4, 0.5) is 5.82 Å². The smallest absolute Gasteiger partial charge is 0.252 e. The van der Waals surface area contributed by atoms with Crippen LogP contribution in [0.2, 0.25) is 0 Å². The molecule has 2 heterocycles. The molecule has 1 amide bonds. The van der Waals surface area contributed by atoms with Crippen LogP contribution in [0.15, 0.2) is 6.07 Å². The molecule has 0 radical (unpaired) electrons. The summed E-state index contributed by atoms with van der Waals surface area (Å²) in [6, 6.07) is 3.95. The van der Waals surface area contributed by atoms with Crippen LogP contribution >= 0.6 is 0 Å². The number of hydrogen-bond donors (Lipinski definition) is 1. The Kier molecular flexibility index (Phi) is 3.37. The van der Waals surface area contributed by atoms with E-state index in [0.29, 0.717) is 23.0 Å². The minimum Gasteiger partial charge on any atom is -0.309 e. The van der Waals surface area contributed by atoms with Crippen molar-refractivity contribution in [2.24, 2.45) is 5.92 Å². The summed E-state index contributed by atoms with van der Waals surface area (Å²) in [5.74, 6) is 0.660. The molecule has 1 aliphatic carbocycles. The van der Waals surface area contributed by atoms with Crippen molar-refractivity contribution in [1.29, 1.82) is 5.26 Å². The van der Waals surface area contributed by atoms with Gasteiger partial charge in [0.25, 0.3) is 5.95 Å². The van der Waals surface area contributed by atoms with Gasteiger partial charge in [0.05, 0.1) is 5.69 Å². The number of anilines is 1. The van der Waals surface area contributed by atoms with Gasteiger partial charge in [-0.2, -0.15) is 15.0 Å². The van der Waals surface area contributed by atoms with Gasteiger partial charge in [0.1, 0.15) is 11.6 Å². The van der Waals surface area contributed by atoms with E-state index in [9.17, 15) is 10.1 Å². The Balaban J connectivity index is 2.10. The average Bonchev–Trinajstić information content (AvgIpc) is 3.24. The molecule has 1 N–H and O–H groups in total. The van der Waals surface area contributed by atoms with E-state index in [4.69, 9.17) is 0 Å². The predicted octanol–water partition coefficient (Wildman–Crippen LogP) is 1.81. The van der Waals surface area contributed by atoms with E-state index in [1.165, 1.54) is 4.68 Å². The number of hydrogen-bond acceptors (Lipinski definition) is 5. The van der Waals surface area contributed by atoms with Crippen LogP contribution in [0.5, 0.6) is 0 Å². The van der Waals surface area contributed by atoms with Gasteiger partial charge in [-0.05, 0) is 39.7 Å². The number of nitrogens with one attached hydrogen (secondary N) is 1. The van der Waals surface area contributed by atoms with Crippen LogP contribution in [-0.4, -0.2) is 25.7 Å². The van der Waals surface area contributed by atoms with Crippen molar-refractivity contribution in [2.75, 3.05) is 5.32 Å². The number of rotatable bonds is 3. The molecule has 2 aromatic rings. The first-order valence-corrected chi connectivity index (χ1v) is 7.13. The molecule has 22 heavy (non-hydrogen) atoms. The van der Waals surface area contributed by atoms with E-state index in [0.717, 1.165) is 24.2 Å². The zero-order valence-corrected chi connectivity index (χ0v) is 12.7. The molecule has 0 saturated heterocycles. The lowest BCUT2D eigenvalue weighted by molar-refractivity contribution is -0.117. The fourth-order valence-electron chi connectivity index (χ4n) is 2.29. The number of carbonyl (C=O) groups excluding carboxylic acids is 1. The third kappa shape index (κ3) is 2.55. The lowest BCUT2D eigenvalue weighted by Gasteiger charge is -2.09. The van der Waals surface area contributed by atoms with Crippen molar-refractivity contribution >= 4 is 11.7 Å². The van der Waals surface area contributed by atoms with Crippen molar-refractivity contribution < 1.29 is 4.79 Å². The summed E-state index contributed by atoms with van der Waals surface area (Å²) >= 11 is 0. The Hall–Kier alpha value is -2.75. The standard InChI is InChI=1S/C15H16N6O/c1-8-6-9(2)18-15(17-8)21-13(12(7-16)10(3)20-21)19-14(22)11-4-5-11/h6,11H,4-5H2,1-3H3,(H,19,22). The molecule has 1 fully saturated rings. The number of aromatic nitrogens is 4. The van der Waals surface area contributed by atoms with Crippen LogP contribution in [0.25, 0.3) is 5.95 Å². The minimum atomic E-state index is -0.0815. The maximum absolute atomic E-state index is 12.1. The maximum Gasteiger partial charge on any atom is 0.252 e. The fraction of sp³-hybridized carbons (Fsp3) is 0.400. The van der Waals surface area contributed by atoms with Crippen LogP contribution in [0.3, 0.4) is 0 Å². The predicted molar refractivity (Wildman–Crippen MR) is 79.4 cm³/mol. The van der Waals surface area contributed by atoms with Crippen LogP contribution < -0.4 is 5.32 Å². The quantitative estimate of drug-likeness (QED) is 0.931. The zero-order chi connectivity index (χ0) is 15.9. The van der Waals surface area contributed by atoms with E-state index >= 15 is 0 Å². The molecule has 0 unspecified atom stereocenters. The van der Waals surface area contributed by atoms with Crippen LogP contribution in [0.1, 0.15) is 35.5 Å². The Morgan fingerprint density at radius 1 is 1.32 bits per heavy atom. The first-order valence-electron chi connectivity index (χ1n) is 7.13. The number of amides is 1. The number of aryl methyl sites for hydroxylation is 3. The molecule has 2 aromatic heterocycles. The summed E-state index contributed by atoms with van der Waals surface area (Å²) in [7, 11) is 0. The third-order valence-electron chi connectivity index (χ3n) is 3.52. The molecule has 0 aromatic carbocycles. The first-order chi connectivity index (χ1) is 10.5. The van der Waals surface area contributed by atoms with Gasteiger partial charge in [0, 0.05) is 17.3 Å². The SMILES string of the molecule is Cc1cc(C)nc(-n2nc(C)c(C#N)c2NC(=O)C2CC2)n1. The van der Waals surface area contributed by atoms with E-state index in [-0.39, 0.29) is 11.8 Å². The monoisotopic (exact) mass is 296 g/mol. The summed E-state index contributed by atoms with van der Waals surface area (Å²) in [4.78, 5) is 20.8. The largest absolute Gasteiger partial charge is 0.309 e. The van der Waals surface area contributed by atoms with Crippen LogP contribution in [-0.2, 0) is 4.79 Å². The topological polar surface area (TPSA) is 96.5 Å². The molecule has 7 nitrogen and oxygen atoms in total. The third-order valence-corrected chi connectivity index (χ3v) is 3.52. The summed E-state index contributed by atoms with van der Waals surface area (Å²) in [5.41, 5.74) is 2.48. The number of carbonyl (C=O) groups is 1. The Morgan fingerprint density at radius 3 is 2.50 bits per heavy atom. The highest BCUT2D eigenvalue weighted by Crippen LogP contribution is 2.31. The molecule has 3 rings (SSSR count). The van der Waals surface area contributed by atoms with Crippen molar-refractivity contribution in [3.63, 3.8) is 0 Å². The van der Waals surface area contributed by atoms with Gasteiger partial charge in [0.2, 0.25) is 5.91 Å². The Bertz CT molecular complexity index is 777. The minimum absolute atomic E-state index is 0.0374. The van der Waals surface area contributed by atoms with Gasteiger partial charge in [-0.3, -0.25) is 4.79 Å². The molecule has 0 atom stereocenters. The van der Waals surface area contributed by atoms with Gasteiger partial charge >= 0.3 is 0 Å². The summed E-state index contributed by atoms with van der Waals surface area (Å²) in [6.45, 7) is 5.45. The lowest BCUT2D eigenvalue weighted by atomic mass is 10.2. The van der Waals surface area contributed by atoms with E-state index < -0.39 is 0 Å². The molecule has 0 spiro atoms. The Labute approximate surface area is 128 Å². The highest BCUT2D eigenvalue weighted by Gasteiger charge is 2.31. The highest BCUT2D eigenvalue weighted by atomic mass is 16.2. The fourth-order valence-corrected chi connectivity index (χ4v) is 2.29. The van der Waals surface area contributed by atoms with Crippen molar-refractivity contribution in [2.45, 2.75) is 33.6 Å². The van der Waals surface area contributed by atoms with E-state index in [2.05, 4.69) is 26.5 Å². The second-order valence-corrected chi connectivity index (χ2v) is 5.55. The second-order valence-electron chi connectivity index (χ2n) is 5.55. The van der Waals surface area contributed by atoms with Crippen molar-refractivity contribution in [1.82, 2.24) is 19.7 Å². The van der Waals surface area contributed by atoms with E-state index in [1.807, 2.05) is 19.9 Å². The van der Waals surface area contributed by atoms with Gasteiger partial charge in [0.15, 0.2) is 5.82 Å². The lowest BCUT2D eigenvalue weighted by Crippen LogP contribution is -2.18. The molecular weight excluding hydrogens is 280 g/mol. The van der Waals surface area contributed by atoms with Gasteiger partial charge in [-0.25, -0.2) is 9.97 Å². The molecule has 0 aliphatic heterocycles. The Morgan fingerprint density at radius 2 is 1.95 bits per heavy atom. The second kappa shape index (κ2) is 5.22. The molecule has 112 valence electrons. The average molecular weight is 296 g/mol. The summed E-state index contributed by atoms with van der Waals surface area (Å²) < 4.78 is 1.44. The highest BCUT2D eigenvalue weighted by molar-refractivity contribution is 5.94. The summed E-state index contributed by atoms with van der Waals surface area (Å²) in [6.07, 6.45) is 1.78. The summed E-state index contributed by atoms with van der Waals surface area (Å²) in [5, 5.41) is 16.5. The first kappa shape index (κ1) is 14.2.